The molecule has 0 bridgehead atoms. The van der Waals surface area contributed by atoms with Crippen molar-refractivity contribution < 1.29 is 18.7 Å². The predicted octanol–water partition coefficient (Wildman–Crippen LogP) is 2.44. The zero-order valence-corrected chi connectivity index (χ0v) is 21.3. The van der Waals surface area contributed by atoms with E-state index in [1.807, 2.05) is 30.3 Å². The summed E-state index contributed by atoms with van der Waals surface area (Å²) in [6.45, 7) is 4.15. The molecule has 4 aromatic rings. The Morgan fingerprint density at radius 2 is 1.69 bits per heavy atom. The second-order valence-corrected chi connectivity index (χ2v) is 9.29. The molecule has 3 heterocycles. The zero-order valence-electron chi connectivity index (χ0n) is 21.3. The Hall–Kier alpha value is -4.28. The lowest BCUT2D eigenvalue weighted by Crippen LogP contribution is -2.39. The highest BCUT2D eigenvalue weighted by Crippen LogP contribution is 2.16. The number of morpholine rings is 1. The van der Waals surface area contributed by atoms with Crippen LogP contribution in [0, 0.1) is 5.82 Å². The molecule has 1 saturated heterocycles. The minimum absolute atomic E-state index is 0.0501. The quantitative estimate of drug-likeness (QED) is 0.356. The number of benzene rings is 2. The molecule has 1 aliphatic heterocycles. The normalized spacial score (nSPS) is 13.9. The van der Waals surface area contributed by atoms with Gasteiger partial charge >= 0.3 is 0 Å². The molecular formula is C29H29FN4O5. The molecule has 0 spiro atoms. The Labute approximate surface area is 224 Å². The Morgan fingerprint density at radius 1 is 0.949 bits per heavy atom. The smallest absolute Gasteiger partial charge is 0.278 e. The number of hydrogen-bond acceptors (Lipinski definition) is 6. The molecule has 10 heteroatoms. The molecule has 1 N–H and O–H groups in total. The van der Waals surface area contributed by atoms with Gasteiger partial charge in [-0.3, -0.25) is 19.3 Å². The van der Waals surface area contributed by atoms with Gasteiger partial charge in [0.15, 0.2) is 11.3 Å². The topological polar surface area (TPSA) is 94.3 Å². The molecule has 2 aromatic carbocycles. The van der Waals surface area contributed by atoms with Gasteiger partial charge in [-0.25, -0.2) is 4.39 Å². The minimum Gasteiger partial charge on any atom is -0.483 e. The molecule has 5 rings (SSSR count). The number of nitrogens with zero attached hydrogens (tertiary/aromatic N) is 3. The third kappa shape index (κ3) is 6.24. The van der Waals surface area contributed by atoms with E-state index in [0.29, 0.717) is 31.9 Å². The first-order valence-electron chi connectivity index (χ1n) is 12.8. The predicted molar refractivity (Wildman–Crippen MR) is 144 cm³/mol. The van der Waals surface area contributed by atoms with Gasteiger partial charge in [-0.2, -0.15) is 0 Å². The van der Waals surface area contributed by atoms with Gasteiger partial charge in [-0.05, 0) is 23.3 Å². The van der Waals surface area contributed by atoms with Crippen LogP contribution < -0.4 is 21.0 Å². The van der Waals surface area contributed by atoms with Crippen LogP contribution >= 0.6 is 0 Å². The van der Waals surface area contributed by atoms with E-state index in [4.69, 9.17) is 9.47 Å². The number of fused-ring (bicyclic) bond motifs is 1. The standard InChI is InChI=1S/C29H29FN4O5/c30-23-8-6-21(7-9-23)18-31-28(36)24-19-34-13-12-33(11-10-32-14-16-38-17-15-32)29(37)25(34)27(26(24)35)39-20-22-4-2-1-3-5-22/h1-9,12-13,19H,10-11,14-18,20H2,(H,31,36). The lowest BCUT2D eigenvalue weighted by Gasteiger charge is -2.26. The summed E-state index contributed by atoms with van der Waals surface area (Å²) in [6.07, 6.45) is 4.63. The fourth-order valence-electron chi connectivity index (χ4n) is 4.45. The van der Waals surface area contributed by atoms with Gasteiger partial charge in [0, 0.05) is 51.3 Å². The summed E-state index contributed by atoms with van der Waals surface area (Å²) in [6, 6.07) is 15.0. The monoisotopic (exact) mass is 532 g/mol. The van der Waals surface area contributed by atoms with Crippen LogP contribution in [0.15, 0.2) is 82.8 Å². The van der Waals surface area contributed by atoms with Crippen LogP contribution in [0.3, 0.4) is 0 Å². The van der Waals surface area contributed by atoms with Crippen molar-refractivity contribution in [3.8, 4) is 5.75 Å². The summed E-state index contributed by atoms with van der Waals surface area (Å²) in [7, 11) is 0. The summed E-state index contributed by atoms with van der Waals surface area (Å²) < 4.78 is 27.6. The number of carbonyl (C=O) groups excluding carboxylic acids is 1. The second-order valence-electron chi connectivity index (χ2n) is 9.29. The maximum atomic E-state index is 13.6. The Kier molecular flexibility index (Phi) is 8.14. The fourth-order valence-corrected chi connectivity index (χ4v) is 4.45. The molecule has 0 unspecified atom stereocenters. The number of halogens is 1. The Balaban J connectivity index is 1.47. The van der Waals surface area contributed by atoms with Crippen LogP contribution in [-0.2, 0) is 24.4 Å². The van der Waals surface area contributed by atoms with Gasteiger partial charge in [0.25, 0.3) is 11.5 Å². The van der Waals surface area contributed by atoms with Gasteiger partial charge in [0.2, 0.25) is 5.43 Å². The van der Waals surface area contributed by atoms with Crippen LogP contribution in [0.4, 0.5) is 4.39 Å². The highest BCUT2D eigenvalue weighted by atomic mass is 19.1. The molecule has 2 aromatic heterocycles. The third-order valence-electron chi connectivity index (χ3n) is 6.66. The molecule has 39 heavy (non-hydrogen) atoms. The van der Waals surface area contributed by atoms with Crippen molar-refractivity contribution in [2.24, 2.45) is 0 Å². The van der Waals surface area contributed by atoms with Crippen LogP contribution in [0.2, 0.25) is 0 Å². The average Bonchev–Trinajstić information content (AvgIpc) is 2.97. The second kappa shape index (κ2) is 12.1. The van der Waals surface area contributed by atoms with Crippen molar-refractivity contribution in [3.05, 3.63) is 116 Å². The van der Waals surface area contributed by atoms with E-state index < -0.39 is 11.3 Å². The highest BCUT2D eigenvalue weighted by Gasteiger charge is 2.21. The van der Waals surface area contributed by atoms with E-state index in [0.717, 1.165) is 18.7 Å². The van der Waals surface area contributed by atoms with E-state index in [1.54, 1.807) is 29.1 Å². The summed E-state index contributed by atoms with van der Waals surface area (Å²) in [4.78, 5) is 42.4. The van der Waals surface area contributed by atoms with Crippen LogP contribution in [0.25, 0.3) is 5.52 Å². The van der Waals surface area contributed by atoms with Crippen molar-refractivity contribution in [2.45, 2.75) is 19.7 Å². The van der Waals surface area contributed by atoms with Crippen molar-refractivity contribution >= 4 is 11.4 Å². The molecule has 0 radical (unpaired) electrons. The minimum atomic E-state index is -0.675. The summed E-state index contributed by atoms with van der Waals surface area (Å²) in [5.41, 5.74) is 0.326. The lowest BCUT2D eigenvalue weighted by molar-refractivity contribution is 0.0363. The Morgan fingerprint density at radius 3 is 2.44 bits per heavy atom. The van der Waals surface area contributed by atoms with Crippen LogP contribution in [0.5, 0.6) is 5.75 Å². The first-order valence-corrected chi connectivity index (χ1v) is 12.8. The van der Waals surface area contributed by atoms with Crippen molar-refractivity contribution in [2.75, 3.05) is 32.8 Å². The van der Waals surface area contributed by atoms with Gasteiger partial charge in [0.1, 0.15) is 18.0 Å². The number of aromatic nitrogens is 2. The van der Waals surface area contributed by atoms with Crippen molar-refractivity contribution in [1.82, 2.24) is 19.2 Å². The number of nitrogens with one attached hydrogen (secondary N) is 1. The van der Waals surface area contributed by atoms with E-state index >= 15 is 0 Å². The van der Waals surface area contributed by atoms with Gasteiger partial charge in [0.05, 0.1) is 13.2 Å². The third-order valence-corrected chi connectivity index (χ3v) is 6.66. The molecule has 0 aliphatic carbocycles. The molecular weight excluding hydrogens is 503 g/mol. The molecule has 0 atom stereocenters. The molecule has 1 aliphatic rings. The van der Waals surface area contributed by atoms with Gasteiger partial charge in [-0.15, -0.1) is 0 Å². The van der Waals surface area contributed by atoms with Crippen molar-refractivity contribution in [1.29, 1.82) is 0 Å². The SMILES string of the molecule is O=C(NCc1ccc(F)cc1)c1cn2ccn(CCN3CCOCC3)c(=O)c2c(OCc2ccccc2)c1=O. The molecule has 0 saturated carbocycles. The van der Waals surface area contributed by atoms with E-state index in [-0.39, 0.29) is 41.4 Å². The van der Waals surface area contributed by atoms with Crippen molar-refractivity contribution in [3.63, 3.8) is 0 Å². The number of amides is 1. The number of hydrogen-bond donors (Lipinski definition) is 1. The van der Waals surface area contributed by atoms with E-state index in [2.05, 4.69) is 10.2 Å². The summed E-state index contributed by atoms with van der Waals surface area (Å²) in [5.74, 6) is -1.19. The summed E-state index contributed by atoms with van der Waals surface area (Å²) in [5, 5.41) is 2.69. The van der Waals surface area contributed by atoms with Crippen LogP contribution in [0.1, 0.15) is 21.5 Å². The average molecular weight is 533 g/mol. The van der Waals surface area contributed by atoms with Gasteiger partial charge < -0.3 is 23.8 Å². The first-order chi connectivity index (χ1) is 19.0. The number of rotatable bonds is 9. The highest BCUT2D eigenvalue weighted by molar-refractivity contribution is 5.94. The largest absolute Gasteiger partial charge is 0.483 e. The first kappa shape index (κ1) is 26.3. The van der Waals surface area contributed by atoms with Crippen LogP contribution in [-0.4, -0.2) is 52.6 Å². The number of carbonyl (C=O) groups is 1. The van der Waals surface area contributed by atoms with Gasteiger partial charge in [-0.1, -0.05) is 42.5 Å². The number of ether oxygens (including phenoxy) is 2. The van der Waals surface area contributed by atoms with E-state index in [1.165, 1.54) is 22.7 Å². The number of pyridine rings is 1. The lowest BCUT2D eigenvalue weighted by atomic mass is 10.2. The maximum Gasteiger partial charge on any atom is 0.278 e. The Bertz CT molecular complexity index is 1560. The summed E-state index contributed by atoms with van der Waals surface area (Å²) >= 11 is 0. The fraction of sp³-hybridized carbons (Fsp3) is 0.276. The molecule has 1 amide bonds. The maximum absolute atomic E-state index is 13.6. The van der Waals surface area contributed by atoms with E-state index in [9.17, 15) is 18.8 Å². The molecule has 9 nitrogen and oxygen atoms in total. The molecule has 1 fully saturated rings. The zero-order chi connectivity index (χ0) is 27.2. The molecule has 202 valence electrons.